The van der Waals surface area contributed by atoms with Gasteiger partial charge in [0.2, 0.25) is 0 Å². The van der Waals surface area contributed by atoms with E-state index >= 15 is 0 Å². The molecule has 0 aromatic heterocycles. The van der Waals surface area contributed by atoms with Crippen molar-refractivity contribution >= 4 is 17.3 Å². The normalized spacial score (nSPS) is 10.2. The van der Waals surface area contributed by atoms with Crippen molar-refractivity contribution in [3.8, 4) is 5.75 Å². The Kier molecular flexibility index (Phi) is 5.89. The highest BCUT2D eigenvalue weighted by atomic mass is 16.6. The maximum Gasteiger partial charge on any atom is 0.274 e. The molecule has 0 atom stereocenters. The second kappa shape index (κ2) is 8.10. The molecule has 0 aliphatic carbocycles. The van der Waals surface area contributed by atoms with Gasteiger partial charge in [0, 0.05) is 6.07 Å². The van der Waals surface area contributed by atoms with Crippen LogP contribution in [0.15, 0.2) is 42.5 Å². The quantitative estimate of drug-likeness (QED) is 0.466. The Morgan fingerprint density at radius 2 is 1.96 bits per heavy atom. The Morgan fingerprint density at radius 1 is 1.21 bits per heavy atom. The zero-order valence-corrected chi connectivity index (χ0v) is 13.7. The maximum atomic E-state index is 12.5. The van der Waals surface area contributed by atoms with Crippen molar-refractivity contribution in [2.75, 3.05) is 11.9 Å². The number of amides is 1. The van der Waals surface area contributed by atoms with Gasteiger partial charge in [-0.15, -0.1) is 0 Å². The van der Waals surface area contributed by atoms with Gasteiger partial charge in [0.05, 0.1) is 28.3 Å². The van der Waals surface area contributed by atoms with E-state index in [4.69, 9.17) is 4.74 Å². The van der Waals surface area contributed by atoms with Crippen LogP contribution in [0.1, 0.15) is 35.7 Å². The topological polar surface area (TPSA) is 81.5 Å². The number of nitro groups is 1. The highest BCUT2D eigenvalue weighted by Crippen LogP contribution is 2.26. The van der Waals surface area contributed by atoms with Gasteiger partial charge in [0.25, 0.3) is 11.6 Å². The van der Waals surface area contributed by atoms with Crippen LogP contribution >= 0.6 is 0 Å². The third-order valence-corrected chi connectivity index (χ3v) is 3.64. The Hall–Kier alpha value is -2.89. The van der Waals surface area contributed by atoms with Crippen molar-refractivity contribution < 1.29 is 14.5 Å². The minimum atomic E-state index is -0.465. The molecule has 0 unspecified atom stereocenters. The fraction of sp³-hybridized carbons (Fsp3) is 0.278. The lowest BCUT2D eigenvalue weighted by Crippen LogP contribution is -2.15. The molecule has 0 heterocycles. The van der Waals surface area contributed by atoms with Crippen LogP contribution in [0.3, 0.4) is 0 Å². The van der Waals surface area contributed by atoms with Gasteiger partial charge in [-0.1, -0.05) is 31.5 Å². The predicted molar refractivity (Wildman–Crippen MR) is 92.6 cm³/mol. The number of ether oxygens (including phenoxy) is 1. The second-order valence-corrected chi connectivity index (χ2v) is 5.36. The van der Waals surface area contributed by atoms with Crippen molar-refractivity contribution in [1.29, 1.82) is 0 Å². The number of nitrogens with one attached hydrogen (secondary N) is 1. The van der Waals surface area contributed by atoms with Crippen LogP contribution in [0.5, 0.6) is 5.75 Å². The lowest BCUT2D eigenvalue weighted by atomic mass is 10.1. The number of benzene rings is 2. The van der Waals surface area contributed by atoms with E-state index in [1.54, 1.807) is 43.3 Å². The van der Waals surface area contributed by atoms with Crippen LogP contribution in [-0.4, -0.2) is 17.4 Å². The van der Waals surface area contributed by atoms with Crippen LogP contribution in [-0.2, 0) is 0 Å². The monoisotopic (exact) mass is 328 g/mol. The molecule has 0 saturated carbocycles. The molecule has 0 fully saturated rings. The summed E-state index contributed by atoms with van der Waals surface area (Å²) in [6.07, 6.45) is 1.90. The average Bonchev–Trinajstić information content (AvgIpc) is 2.57. The Balaban J connectivity index is 2.22. The Morgan fingerprint density at radius 3 is 2.67 bits per heavy atom. The summed E-state index contributed by atoms with van der Waals surface area (Å²) in [5.74, 6) is 0.150. The number of carbonyl (C=O) groups is 1. The summed E-state index contributed by atoms with van der Waals surface area (Å²) in [6.45, 7) is 4.21. The van der Waals surface area contributed by atoms with E-state index in [2.05, 4.69) is 12.2 Å². The summed E-state index contributed by atoms with van der Waals surface area (Å²) in [5, 5.41) is 13.7. The first-order valence-corrected chi connectivity index (χ1v) is 7.81. The van der Waals surface area contributed by atoms with Gasteiger partial charge in [-0.25, -0.2) is 0 Å². The SMILES string of the molecule is CCCCOc1ccccc1C(=O)Nc1cccc([N+](=O)[O-])c1C. The second-order valence-electron chi connectivity index (χ2n) is 5.36. The van der Waals surface area contributed by atoms with Crippen LogP contribution in [0, 0.1) is 17.0 Å². The van der Waals surface area contributed by atoms with Gasteiger partial charge < -0.3 is 10.1 Å². The largest absolute Gasteiger partial charge is 0.493 e. The number of anilines is 1. The molecule has 6 heteroatoms. The zero-order valence-electron chi connectivity index (χ0n) is 13.7. The molecule has 6 nitrogen and oxygen atoms in total. The van der Waals surface area contributed by atoms with Crippen LogP contribution in [0.4, 0.5) is 11.4 Å². The summed E-state index contributed by atoms with van der Waals surface area (Å²) in [7, 11) is 0. The molecule has 1 amide bonds. The molecule has 0 radical (unpaired) electrons. The summed E-state index contributed by atoms with van der Waals surface area (Å²) >= 11 is 0. The van der Waals surface area contributed by atoms with E-state index in [1.165, 1.54) is 6.07 Å². The van der Waals surface area contributed by atoms with Gasteiger partial charge in [0.15, 0.2) is 0 Å². The first-order valence-electron chi connectivity index (χ1n) is 7.81. The number of hydrogen-bond acceptors (Lipinski definition) is 4. The maximum absolute atomic E-state index is 12.5. The summed E-state index contributed by atoms with van der Waals surface area (Å²) in [4.78, 5) is 23.1. The Labute approximate surface area is 140 Å². The number of rotatable bonds is 7. The van der Waals surface area contributed by atoms with E-state index in [1.807, 2.05) is 0 Å². The standard InChI is InChI=1S/C18H20N2O4/c1-3-4-12-24-17-11-6-5-8-14(17)18(21)19-15-9-7-10-16(13(15)2)20(22)23/h5-11H,3-4,12H2,1-2H3,(H,19,21). The summed E-state index contributed by atoms with van der Waals surface area (Å²) < 4.78 is 5.66. The van der Waals surface area contributed by atoms with Crippen molar-refractivity contribution in [3.63, 3.8) is 0 Å². The summed E-state index contributed by atoms with van der Waals surface area (Å²) in [5.41, 5.74) is 1.21. The van der Waals surface area contributed by atoms with E-state index < -0.39 is 4.92 Å². The average molecular weight is 328 g/mol. The van der Waals surface area contributed by atoms with E-state index in [-0.39, 0.29) is 11.6 Å². The third-order valence-electron chi connectivity index (χ3n) is 3.64. The number of unbranched alkanes of at least 4 members (excludes halogenated alkanes) is 1. The Bertz CT molecular complexity index is 744. The van der Waals surface area contributed by atoms with Gasteiger partial charge in [0.1, 0.15) is 5.75 Å². The molecule has 2 aromatic carbocycles. The lowest BCUT2D eigenvalue weighted by molar-refractivity contribution is -0.385. The number of nitro benzene ring substituents is 1. The molecule has 2 rings (SSSR count). The fourth-order valence-corrected chi connectivity index (χ4v) is 2.25. The van der Waals surface area contributed by atoms with Crippen molar-refractivity contribution in [2.45, 2.75) is 26.7 Å². The minimum absolute atomic E-state index is 0.0275. The molecular weight excluding hydrogens is 308 g/mol. The van der Waals surface area contributed by atoms with Crippen molar-refractivity contribution in [3.05, 3.63) is 63.7 Å². The molecular formula is C18H20N2O4. The van der Waals surface area contributed by atoms with E-state index in [0.717, 1.165) is 12.8 Å². The zero-order chi connectivity index (χ0) is 17.5. The van der Waals surface area contributed by atoms with Gasteiger partial charge >= 0.3 is 0 Å². The minimum Gasteiger partial charge on any atom is -0.493 e. The first kappa shape index (κ1) is 17.5. The number of para-hydroxylation sites is 1. The predicted octanol–water partition coefficient (Wildman–Crippen LogP) is 4.33. The summed E-state index contributed by atoms with van der Waals surface area (Å²) in [6, 6.07) is 11.6. The molecule has 126 valence electrons. The molecule has 1 N–H and O–H groups in total. The smallest absolute Gasteiger partial charge is 0.274 e. The van der Waals surface area contributed by atoms with Crippen molar-refractivity contribution in [2.24, 2.45) is 0 Å². The third kappa shape index (κ3) is 4.10. The number of hydrogen-bond donors (Lipinski definition) is 1. The molecule has 0 aliphatic heterocycles. The molecule has 0 aliphatic rings. The molecule has 24 heavy (non-hydrogen) atoms. The lowest BCUT2D eigenvalue weighted by Gasteiger charge is -2.12. The van der Waals surface area contributed by atoms with Crippen molar-refractivity contribution in [1.82, 2.24) is 0 Å². The van der Waals surface area contributed by atoms with Gasteiger partial charge in [-0.2, -0.15) is 0 Å². The first-order chi connectivity index (χ1) is 11.5. The number of nitrogens with zero attached hydrogens (tertiary/aromatic N) is 1. The molecule has 0 saturated heterocycles. The van der Waals surface area contributed by atoms with Crippen LogP contribution in [0.25, 0.3) is 0 Å². The highest BCUT2D eigenvalue weighted by Gasteiger charge is 2.17. The highest BCUT2D eigenvalue weighted by molar-refractivity contribution is 6.06. The number of carbonyl (C=O) groups excluding carboxylic acids is 1. The van der Waals surface area contributed by atoms with E-state index in [9.17, 15) is 14.9 Å². The fourth-order valence-electron chi connectivity index (χ4n) is 2.25. The van der Waals surface area contributed by atoms with Gasteiger partial charge in [-0.05, 0) is 31.5 Å². The van der Waals surface area contributed by atoms with E-state index in [0.29, 0.717) is 29.2 Å². The van der Waals surface area contributed by atoms with Gasteiger partial charge in [-0.3, -0.25) is 14.9 Å². The molecule has 0 bridgehead atoms. The van der Waals surface area contributed by atoms with Crippen LogP contribution < -0.4 is 10.1 Å². The van der Waals surface area contributed by atoms with Crippen LogP contribution in [0.2, 0.25) is 0 Å². The molecule has 0 spiro atoms. The molecule has 2 aromatic rings.